The molecule has 23 heavy (non-hydrogen) atoms. The van der Waals surface area contributed by atoms with Gasteiger partial charge in [0.25, 0.3) is 5.91 Å². The number of hydrogen-bond acceptors (Lipinski definition) is 4. The van der Waals surface area contributed by atoms with Crippen LogP contribution in [0.5, 0.6) is 5.75 Å². The van der Waals surface area contributed by atoms with Gasteiger partial charge in [0.1, 0.15) is 5.75 Å². The first-order valence-electron chi connectivity index (χ1n) is 7.55. The quantitative estimate of drug-likeness (QED) is 0.735. The second kappa shape index (κ2) is 8.92. The lowest BCUT2D eigenvalue weighted by molar-refractivity contribution is 0.102. The molecule has 0 radical (unpaired) electrons. The van der Waals surface area contributed by atoms with Gasteiger partial charge in [0.2, 0.25) is 0 Å². The number of nitrogens with one attached hydrogen (secondary N) is 1. The molecule has 0 unspecified atom stereocenters. The number of carbonyl (C=O) groups is 1. The smallest absolute Gasteiger partial charge is 0.255 e. The fraction of sp³-hybridized carbons (Fsp3) is 0.278. The lowest BCUT2D eigenvalue weighted by Gasteiger charge is -2.09. The highest BCUT2D eigenvalue weighted by atomic mass is 16.5. The van der Waals surface area contributed by atoms with Crippen molar-refractivity contribution < 1.29 is 14.3 Å². The van der Waals surface area contributed by atoms with Gasteiger partial charge in [0, 0.05) is 44.0 Å². The van der Waals surface area contributed by atoms with Crippen LogP contribution in [0, 0.1) is 0 Å². The number of nitrogens with two attached hydrogens (primary N) is 1. The summed E-state index contributed by atoms with van der Waals surface area (Å²) in [5.41, 5.74) is 7.83. The van der Waals surface area contributed by atoms with Gasteiger partial charge in [0.15, 0.2) is 0 Å². The van der Waals surface area contributed by atoms with Gasteiger partial charge in [0.05, 0.1) is 6.61 Å². The zero-order valence-electron chi connectivity index (χ0n) is 13.2. The number of methoxy groups -OCH3 is 1. The van der Waals surface area contributed by atoms with Crippen molar-refractivity contribution in [3.05, 3.63) is 59.7 Å². The van der Waals surface area contributed by atoms with Crippen molar-refractivity contribution >= 4 is 11.6 Å². The van der Waals surface area contributed by atoms with Crippen LogP contribution in [0.25, 0.3) is 0 Å². The maximum atomic E-state index is 12.2. The van der Waals surface area contributed by atoms with Crippen LogP contribution in [0.3, 0.4) is 0 Å². The molecule has 0 bridgehead atoms. The van der Waals surface area contributed by atoms with Crippen LogP contribution >= 0.6 is 0 Å². The molecule has 0 atom stereocenters. The topological polar surface area (TPSA) is 73.6 Å². The second-order valence-corrected chi connectivity index (χ2v) is 5.08. The average molecular weight is 314 g/mol. The number of amides is 1. The van der Waals surface area contributed by atoms with Crippen LogP contribution in [0.4, 0.5) is 5.69 Å². The zero-order chi connectivity index (χ0) is 16.5. The summed E-state index contributed by atoms with van der Waals surface area (Å²) >= 11 is 0. The minimum absolute atomic E-state index is 0.162. The molecule has 0 saturated carbocycles. The van der Waals surface area contributed by atoms with Gasteiger partial charge in [-0.3, -0.25) is 4.79 Å². The summed E-state index contributed by atoms with van der Waals surface area (Å²) in [7, 11) is 1.66. The van der Waals surface area contributed by atoms with E-state index < -0.39 is 0 Å². The molecule has 2 rings (SSSR count). The molecule has 0 fully saturated rings. The van der Waals surface area contributed by atoms with Gasteiger partial charge < -0.3 is 20.5 Å². The Morgan fingerprint density at radius 2 is 1.91 bits per heavy atom. The third-order valence-electron chi connectivity index (χ3n) is 3.31. The predicted octanol–water partition coefficient (Wildman–Crippen LogP) is 2.81. The molecule has 0 spiro atoms. The minimum Gasteiger partial charge on any atom is -0.493 e. The molecule has 5 nitrogen and oxygen atoms in total. The van der Waals surface area contributed by atoms with Crippen LogP contribution < -0.4 is 15.8 Å². The van der Waals surface area contributed by atoms with Crippen LogP contribution in [0.2, 0.25) is 0 Å². The van der Waals surface area contributed by atoms with Crippen LogP contribution in [-0.4, -0.2) is 26.2 Å². The van der Waals surface area contributed by atoms with Gasteiger partial charge in [-0.25, -0.2) is 0 Å². The number of carbonyl (C=O) groups excluding carboxylic acids is 1. The van der Waals surface area contributed by atoms with Crippen LogP contribution in [0.1, 0.15) is 22.3 Å². The standard InChI is InChI=1S/C18H22N2O3/c1-22-10-3-11-23-17-5-2-4-16(12-17)20-18(21)15-8-6-14(13-19)7-9-15/h2,4-9,12H,3,10-11,13,19H2,1H3,(H,20,21). The van der Waals surface area contributed by atoms with E-state index in [1.54, 1.807) is 25.3 Å². The Kier molecular flexibility index (Phi) is 6.59. The third-order valence-corrected chi connectivity index (χ3v) is 3.31. The predicted molar refractivity (Wildman–Crippen MR) is 90.7 cm³/mol. The maximum absolute atomic E-state index is 12.2. The first kappa shape index (κ1) is 17.0. The molecule has 0 saturated heterocycles. The summed E-state index contributed by atoms with van der Waals surface area (Å²) < 4.78 is 10.6. The Labute approximate surface area is 136 Å². The van der Waals surface area contributed by atoms with E-state index in [0.29, 0.717) is 31.0 Å². The molecule has 122 valence electrons. The fourth-order valence-electron chi connectivity index (χ4n) is 2.05. The van der Waals surface area contributed by atoms with Crippen molar-refractivity contribution in [1.82, 2.24) is 0 Å². The Morgan fingerprint density at radius 1 is 1.13 bits per heavy atom. The molecule has 0 aromatic heterocycles. The van der Waals surface area contributed by atoms with E-state index in [-0.39, 0.29) is 5.91 Å². The summed E-state index contributed by atoms with van der Waals surface area (Å²) in [6, 6.07) is 14.6. The summed E-state index contributed by atoms with van der Waals surface area (Å²) in [6.45, 7) is 1.70. The molecular formula is C18H22N2O3. The van der Waals surface area contributed by atoms with E-state index in [9.17, 15) is 4.79 Å². The molecule has 0 aliphatic carbocycles. The lowest BCUT2D eigenvalue weighted by Crippen LogP contribution is -2.12. The van der Waals surface area contributed by atoms with Crippen LogP contribution in [0.15, 0.2) is 48.5 Å². The van der Waals surface area contributed by atoms with E-state index in [1.165, 1.54) is 0 Å². The summed E-state index contributed by atoms with van der Waals surface area (Å²) in [4.78, 5) is 12.2. The molecule has 2 aromatic carbocycles. The fourth-order valence-corrected chi connectivity index (χ4v) is 2.05. The summed E-state index contributed by atoms with van der Waals surface area (Å²) in [5, 5.41) is 2.86. The van der Waals surface area contributed by atoms with E-state index in [1.807, 2.05) is 30.3 Å². The average Bonchev–Trinajstić information content (AvgIpc) is 2.59. The second-order valence-electron chi connectivity index (χ2n) is 5.08. The number of benzene rings is 2. The molecule has 0 aliphatic heterocycles. The molecule has 0 aliphatic rings. The maximum Gasteiger partial charge on any atom is 0.255 e. The van der Waals surface area contributed by atoms with E-state index in [4.69, 9.17) is 15.2 Å². The Bertz CT molecular complexity index is 626. The molecule has 2 aromatic rings. The van der Waals surface area contributed by atoms with Gasteiger partial charge in [-0.15, -0.1) is 0 Å². The van der Waals surface area contributed by atoms with Gasteiger partial charge in [-0.1, -0.05) is 18.2 Å². The number of rotatable bonds is 8. The number of ether oxygens (including phenoxy) is 2. The minimum atomic E-state index is -0.162. The largest absolute Gasteiger partial charge is 0.493 e. The van der Waals surface area contributed by atoms with Crippen molar-refractivity contribution in [2.75, 3.05) is 25.6 Å². The van der Waals surface area contributed by atoms with Crippen molar-refractivity contribution in [1.29, 1.82) is 0 Å². The first-order valence-corrected chi connectivity index (χ1v) is 7.55. The Hall–Kier alpha value is -2.37. The number of hydrogen-bond donors (Lipinski definition) is 2. The van der Waals surface area contributed by atoms with Gasteiger partial charge in [-0.2, -0.15) is 0 Å². The third kappa shape index (κ3) is 5.39. The monoisotopic (exact) mass is 314 g/mol. The molecule has 3 N–H and O–H groups in total. The normalized spacial score (nSPS) is 10.3. The van der Waals surface area contributed by atoms with E-state index in [0.717, 1.165) is 17.7 Å². The Balaban J connectivity index is 1.94. The highest BCUT2D eigenvalue weighted by Crippen LogP contribution is 2.18. The molecular weight excluding hydrogens is 292 g/mol. The first-order chi connectivity index (χ1) is 11.2. The molecule has 1 amide bonds. The van der Waals surface area contributed by atoms with Crippen molar-refractivity contribution in [2.45, 2.75) is 13.0 Å². The highest BCUT2D eigenvalue weighted by molar-refractivity contribution is 6.04. The summed E-state index contributed by atoms with van der Waals surface area (Å²) in [6.07, 6.45) is 0.820. The zero-order valence-corrected chi connectivity index (χ0v) is 13.2. The SMILES string of the molecule is COCCCOc1cccc(NC(=O)c2ccc(CN)cc2)c1. The number of anilines is 1. The van der Waals surface area contributed by atoms with Gasteiger partial charge >= 0.3 is 0 Å². The molecule has 0 heterocycles. The van der Waals surface area contributed by atoms with Gasteiger partial charge in [-0.05, 0) is 29.8 Å². The Morgan fingerprint density at radius 3 is 2.61 bits per heavy atom. The van der Waals surface area contributed by atoms with Crippen molar-refractivity contribution in [2.24, 2.45) is 5.73 Å². The summed E-state index contributed by atoms with van der Waals surface area (Å²) in [5.74, 6) is 0.558. The molecule has 5 heteroatoms. The van der Waals surface area contributed by atoms with Crippen LogP contribution in [-0.2, 0) is 11.3 Å². The van der Waals surface area contributed by atoms with Crippen molar-refractivity contribution in [3.63, 3.8) is 0 Å². The highest BCUT2D eigenvalue weighted by Gasteiger charge is 2.06. The van der Waals surface area contributed by atoms with Crippen molar-refractivity contribution in [3.8, 4) is 5.75 Å². The van der Waals surface area contributed by atoms with E-state index in [2.05, 4.69) is 5.32 Å². The van der Waals surface area contributed by atoms with E-state index >= 15 is 0 Å². The lowest BCUT2D eigenvalue weighted by atomic mass is 10.1.